The lowest BCUT2D eigenvalue weighted by Gasteiger charge is -2.08. The van der Waals surface area contributed by atoms with Gasteiger partial charge in [0.05, 0.1) is 5.69 Å². The zero-order valence-corrected chi connectivity index (χ0v) is 10.6. The number of amides is 1. The predicted octanol–water partition coefficient (Wildman–Crippen LogP) is -0.178. The Labute approximate surface area is 104 Å². The quantitative estimate of drug-likeness (QED) is 0.649. The topological polar surface area (TPSA) is 101 Å². The minimum Gasteiger partial charge on any atom is -0.398 e. The van der Waals surface area contributed by atoms with E-state index in [-0.39, 0.29) is 29.5 Å². The van der Waals surface area contributed by atoms with E-state index in [0.29, 0.717) is 0 Å². The van der Waals surface area contributed by atoms with E-state index in [1.807, 2.05) is 0 Å². The molecule has 0 spiro atoms. The lowest BCUT2D eigenvalue weighted by atomic mass is 10.3. The van der Waals surface area contributed by atoms with Gasteiger partial charge in [-0.3, -0.25) is 4.79 Å². The molecule has 0 aliphatic heterocycles. The summed E-state index contributed by atoms with van der Waals surface area (Å²) in [6.07, 6.45) is -0.00898. The average Bonchev–Trinajstić information content (AvgIpc) is 2.31. The summed E-state index contributed by atoms with van der Waals surface area (Å²) in [5.74, 6) is -0.999. The van der Waals surface area contributed by atoms with Crippen LogP contribution in [0.4, 0.5) is 10.1 Å². The zero-order chi connectivity index (χ0) is 13.8. The van der Waals surface area contributed by atoms with Crippen molar-refractivity contribution in [3.63, 3.8) is 0 Å². The predicted molar refractivity (Wildman–Crippen MR) is 64.7 cm³/mol. The molecule has 100 valence electrons. The Morgan fingerprint density at radius 3 is 2.72 bits per heavy atom. The molecule has 6 nitrogen and oxygen atoms in total. The number of rotatable bonds is 5. The van der Waals surface area contributed by atoms with Crippen LogP contribution in [0, 0.1) is 5.82 Å². The van der Waals surface area contributed by atoms with Crippen LogP contribution in [0.5, 0.6) is 0 Å². The molecule has 1 rings (SSSR count). The molecule has 1 aromatic rings. The molecule has 0 aromatic heterocycles. The number of sulfonamides is 1. The number of hydrogen-bond donors (Lipinski definition) is 3. The number of carbonyl (C=O) groups excluding carboxylic acids is 1. The maximum atomic E-state index is 13.0. The molecule has 0 saturated carbocycles. The molecule has 0 unspecified atom stereocenters. The molecule has 0 aliphatic rings. The summed E-state index contributed by atoms with van der Waals surface area (Å²) in [4.78, 5) is 10.6. The van der Waals surface area contributed by atoms with Crippen LogP contribution in [-0.2, 0) is 14.8 Å². The van der Waals surface area contributed by atoms with E-state index in [2.05, 4.69) is 10.0 Å². The van der Waals surface area contributed by atoms with Gasteiger partial charge in [0.15, 0.2) is 0 Å². The molecule has 0 heterocycles. The maximum absolute atomic E-state index is 13.0. The van der Waals surface area contributed by atoms with E-state index in [9.17, 15) is 17.6 Å². The van der Waals surface area contributed by atoms with E-state index in [1.54, 1.807) is 0 Å². The van der Waals surface area contributed by atoms with Crippen molar-refractivity contribution < 1.29 is 17.6 Å². The van der Waals surface area contributed by atoms with E-state index in [1.165, 1.54) is 13.1 Å². The summed E-state index contributed by atoms with van der Waals surface area (Å²) in [5.41, 5.74) is 5.42. The van der Waals surface area contributed by atoms with Crippen LogP contribution in [-0.4, -0.2) is 27.9 Å². The number of nitrogens with one attached hydrogen (secondary N) is 2. The van der Waals surface area contributed by atoms with Crippen LogP contribution < -0.4 is 15.8 Å². The highest BCUT2D eigenvalue weighted by atomic mass is 32.2. The summed E-state index contributed by atoms with van der Waals surface area (Å²) in [5, 5.41) is 2.35. The van der Waals surface area contributed by atoms with Crippen LogP contribution in [0.3, 0.4) is 0 Å². The van der Waals surface area contributed by atoms with E-state index in [4.69, 9.17) is 5.73 Å². The van der Waals surface area contributed by atoms with Crippen molar-refractivity contribution in [3.05, 3.63) is 24.0 Å². The molecule has 0 atom stereocenters. The minimum atomic E-state index is -3.91. The van der Waals surface area contributed by atoms with Crippen molar-refractivity contribution in [1.29, 1.82) is 0 Å². The van der Waals surface area contributed by atoms with Gasteiger partial charge in [0.1, 0.15) is 10.7 Å². The molecule has 8 heteroatoms. The van der Waals surface area contributed by atoms with Crippen molar-refractivity contribution in [2.24, 2.45) is 0 Å². The van der Waals surface area contributed by atoms with Gasteiger partial charge in [0.2, 0.25) is 15.9 Å². The maximum Gasteiger partial charge on any atom is 0.242 e. The fourth-order valence-electron chi connectivity index (χ4n) is 1.24. The van der Waals surface area contributed by atoms with Gasteiger partial charge >= 0.3 is 0 Å². The largest absolute Gasteiger partial charge is 0.398 e. The SMILES string of the molecule is CNC(=O)CCNS(=O)(=O)c1cc(F)ccc1N. The molecule has 0 radical (unpaired) electrons. The van der Waals surface area contributed by atoms with Gasteiger partial charge in [-0.15, -0.1) is 0 Å². The van der Waals surface area contributed by atoms with Crippen LogP contribution >= 0.6 is 0 Å². The van der Waals surface area contributed by atoms with Crippen LogP contribution in [0.15, 0.2) is 23.1 Å². The Kier molecular flexibility index (Phi) is 4.62. The summed E-state index contributed by atoms with van der Waals surface area (Å²) < 4.78 is 38.7. The highest BCUT2D eigenvalue weighted by molar-refractivity contribution is 7.89. The van der Waals surface area contributed by atoms with E-state index < -0.39 is 15.8 Å². The third kappa shape index (κ3) is 3.67. The molecule has 4 N–H and O–H groups in total. The van der Waals surface area contributed by atoms with E-state index >= 15 is 0 Å². The second kappa shape index (κ2) is 5.78. The first-order chi connectivity index (χ1) is 8.36. The van der Waals surface area contributed by atoms with Crippen molar-refractivity contribution in [1.82, 2.24) is 10.0 Å². The number of hydrogen-bond acceptors (Lipinski definition) is 4. The molecule has 1 amide bonds. The van der Waals surface area contributed by atoms with Crippen LogP contribution in [0.1, 0.15) is 6.42 Å². The van der Waals surface area contributed by atoms with Gasteiger partial charge in [-0.2, -0.15) is 0 Å². The Hall–Kier alpha value is -1.67. The normalized spacial score (nSPS) is 11.2. The van der Waals surface area contributed by atoms with Crippen molar-refractivity contribution in [3.8, 4) is 0 Å². The van der Waals surface area contributed by atoms with Gasteiger partial charge in [0, 0.05) is 20.0 Å². The average molecular weight is 275 g/mol. The smallest absolute Gasteiger partial charge is 0.242 e. The number of anilines is 1. The number of carbonyl (C=O) groups is 1. The molecule has 0 fully saturated rings. The fraction of sp³-hybridized carbons (Fsp3) is 0.300. The Morgan fingerprint density at radius 1 is 1.44 bits per heavy atom. The van der Waals surface area contributed by atoms with Gasteiger partial charge in [-0.1, -0.05) is 0 Å². The van der Waals surface area contributed by atoms with Crippen LogP contribution in [0.2, 0.25) is 0 Å². The Bertz CT molecular complexity index is 545. The summed E-state index contributed by atoms with van der Waals surface area (Å²) in [6.45, 7) is -0.0854. The Balaban J connectivity index is 2.80. The highest BCUT2D eigenvalue weighted by Gasteiger charge is 2.18. The zero-order valence-electron chi connectivity index (χ0n) is 9.73. The van der Waals surface area contributed by atoms with Gasteiger partial charge < -0.3 is 11.1 Å². The molecule has 0 bridgehead atoms. The summed E-state index contributed by atoms with van der Waals surface area (Å²) >= 11 is 0. The van der Waals surface area contributed by atoms with Crippen molar-refractivity contribution >= 4 is 21.6 Å². The first kappa shape index (κ1) is 14.4. The molecular weight excluding hydrogens is 261 g/mol. The first-order valence-corrected chi connectivity index (χ1v) is 6.60. The third-order valence-electron chi connectivity index (χ3n) is 2.19. The number of nitrogens with two attached hydrogens (primary N) is 1. The number of benzene rings is 1. The second-order valence-electron chi connectivity index (χ2n) is 3.50. The fourth-order valence-corrected chi connectivity index (χ4v) is 2.41. The molecule has 18 heavy (non-hydrogen) atoms. The van der Waals surface area contributed by atoms with Gasteiger partial charge in [-0.25, -0.2) is 17.5 Å². The van der Waals surface area contributed by atoms with E-state index in [0.717, 1.165) is 12.1 Å². The Morgan fingerprint density at radius 2 is 2.11 bits per heavy atom. The number of nitrogen functional groups attached to an aromatic ring is 1. The van der Waals surface area contributed by atoms with Crippen LogP contribution in [0.25, 0.3) is 0 Å². The summed E-state index contributed by atoms with van der Waals surface area (Å²) in [7, 11) is -2.47. The number of halogens is 1. The molecule has 0 saturated heterocycles. The molecule has 0 aliphatic carbocycles. The second-order valence-corrected chi connectivity index (χ2v) is 5.24. The molecular formula is C10H14FN3O3S. The van der Waals surface area contributed by atoms with Gasteiger partial charge in [0.25, 0.3) is 0 Å². The highest BCUT2D eigenvalue weighted by Crippen LogP contribution is 2.18. The summed E-state index contributed by atoms with van der Waals surface area (Å²) in [6, 6.07) is 3.07. The third-order valence-corrected chi connectivity index (χ3v) is 3.70. The van der Waals surface area contributed by atoms with Crippen molar-refractivity contribution in [2.45, 2.75) is 11.3 Å². The standard InChI is InChI=1S/C10H14FN3O3S/c1-13-10(15)4-5-14-18(16,17)9-6-7(11)2-3-8(9)12/h2-3,6,14H,4-5,12H2,1H3,(H,13,15). The minimum absolute atomic E-state index is 0.00898. The lowest BCUT2D eigenvalue weighted by molar-refractivity contribution is -0.120. The lowest BCUT2D eigenvalue weighted by Crippen LogP contribution is -2.29. The first-order valence-electron chi connectivity index (χ1n) is 5.12. The monoisotopic (exact) mass is 275 g/mol. The van der Waals surface area contributed by atoms with Crippen molar-refractivity contribution in [2.75, 3.05) is 19.3 Å². The molecule has 1 aromatic carbocycles. The van der Waals surface area contributed by atoms with Gasteiger partial charge in [-0.05, 0) is 18.2 Å².